The Hall–Kier alpha value is -1.79. The molecule has 7 heteroatoms. The summed E-state index contributed by atoms with van der Waals surface area (Å²) < 4.78 is 0. The molecule has 2 atom stereocenters. The van der Waals surface area contributed by atoms with Gasteiger partial charge in [0.05, 0.1) is 12.3 Å². The van der Waals surface area contributed by atoms with Crippen molar-refractivity contribution in [3.63, 3.8) is 0 Å². The molecule has 1 rings (SSSR count). The number of primary amides is 1. The molecule has 0 aromatic heterocycles. The minimum absolute atomic E-state index is 0.102. The smallest absolute Gasteiger partial charge is 0.317 e. The van der Waals surface area contributed by atoms with Crippen molar-refractivity contribution in [2.45, 2.75) is 32.2 Å². The third kappa shape index (κ3) is 3.90. The van der Waals surface area contributed by atoms with E-state index in [4.69, 9.17) is 10.8 Å². The van der Waals surface area contributed by atoms with E-state index < -0.39 is 11.9 Å². The van der Waals surface area contributed by atoms with Crippen molar-refractivity contribution in [3.8, 4) is 0 Å². The van der Waals surface area contributed by atoms with Gasteiger partial charge in [0.2, 0.25) is 5.91 Å². The Labute approximate surface area is 105 Å². The Morgan fingerprint density at radius 2 is 2.17 bits per heavy atom. The fourth-order valence-corrected chi connectivity index (χ4v) is 1.95. The predicted octanol–water partition coefficient (Wildman–Crippen LogP) is -0.243. The number of carboxylic acids is 1. The highest BCUT2D eigenvalue weighted by Gasteiger charge is 2.30. The largest absolute Gasteiger partial charge is 0.481 e. The average molecular weight is 257 g/mol. The molecule has 3 amide bonds. The van der Waals surface area contributed by atoms with E-state index in [0.29, 0.717) is 25.9 Å². The lowest BCUT2D eigenvalue weighted by atomic mass is 10.1. The highest BCUT2D eigenvalue weighted by Crippen LogP contribution is 2.15. The zero-order valence-corrected chi connectivity index (χ0v) is 10.4. The summed E-state index contributed by atoms with van der Waals surface area (Å²) >= 11 is 0. The Morgan fingerprint density at radius 1 is 1.50 bits per heavy atom. The zero-order valence-electron chi connectivity index (χ0n) is 10.4. The van der Waals surface area contributed by atoms with Gasteiger partial charge in [-0.25, -0.2) is 4.79 Å². The predicted molar refractivity (Wildman–Crippen MR) is 63.7 cm³/mol. The van der Waals surface area contributed by atoms with E-state index in [1.165, 1.54) is 4.90 Å². The Kier molecular flexibility index (Phi) is 4.94. The van der Waals surface area contributed by atoms with Crippen molar-refractivity contribution in [2.75, 3.05) is 13.1 Å². The Morgan fingerprint density at radius 3 is 2.61 bits per heavy atom. The van der Waals surface area contributed by atoms with Crippen LogP contribution in [-0.2, 0) is 9.59 Å². The number of hydrogen-bond acceptors (Lipinski definition) is 3. The topological polar surface area (TPSA) is 113 Å². The van der Waals surface area contributed by atoms with Crippen LogP contribution in [0.4, 0.5) is 4.79 Å². The molecule has 18 heavy (non-hydrogen) atoms. The summed E-state index contributed by atoms with van der Waals surface area (Å²) in [5.74, 6) is -1.64. The molecule has 4 N–H and O–H groups in total. The molecule has 1 heterocycles. The average Bonchev–Trinajstić information content (AvgIpc) is 2.76. The van der Waals surface area contributed by atoms with Crippen LogP contribution in [0, 0.1) is 5.92 Å². The van der Waals surface area contributed by atoms with Crippen LogP contribution < -0.4 is 11.1 Å². The van der Waals surface area contributed by atoms with Crippen molar-refractivity contribution in [1.82, 2.24) is 10.2 Å². The van der Waals surface area contributed by atoms with Crippen LogP contribution in [0.3, 0.4) is 0 Å². The van der Waals surface area contributed by atoms with Gasteiger partial charge in [0.15, 0.2) is 0 Å². The number of amides is 3. The number of nitrogens with zero attached hydrogens (tertiary/aromatic N) is 1. The van der Waals surface area contributed by atoms with E-state index in [0.717, 1.165) is 0 Å². The van der Waals surface area contributed by atoms with Crippen molar-refractivity contribution in [2.24, 2.45) is 11.7 Å². The molecule has 0 aromatic carbocycles. The van der Waals surface area contributed by atoms with Crippen LogP contribution in [0.15, 0.2) is 0 Å². The summed E-state index contributed by atoms with van der Waals surface area (Å²) in [7, 11) is 0. The van der Waals surface area contributed by atoms with Gasteiger partial charge in [0.1, 0.15) is 0 Å². The minimum Gasteiger partial charge on any atom is -0.481 e. The van der Waals surface area contributed by atoms with E-state index in [1.54, 1.807) is 0 Å². The van der Waals surface area contributed by atoms with Crippen LogP contribution in [0.2, 0.25) is 0 Å². The lowest BCUT2D eigenvalue weighted by molar-refractivity contribution is -0.137. The normalized spacial score (nSPS) is 20.5. The van der Waals surface area contributed by atoms with Crippen molar-refractivity contribution in [1.29, 1.82) is 0 Å². The van der Waals surface area contributed by atoms with E-state index >= 15 is 0 Å². The fourth-order valence-electron chi connectivity index (χ4n) is 1.95. The fraction of sp³-hybridized carbons (Fsp3) is 0.727. The monoisotopic (exact) mass is 257 g/mol. The van der Waals surface area contributed by atoms with Gasteiger partial charge in [-0.2, -0.15) is 0 Å². The Balaban J connectivity index is 2.45. The van der Waals surface area contributed by atoms with E-state index in [1.807, 2.05) is 6.92 Å². The summed E-state index contributed by atoms with van der Waals surface area (Å²) in [5.41, 5.74) is 5.18. The molecule has 102 valence electrons. The van der Waals surface area contributed by atoms with Gasteiger partial charge in [0.25, 0.3) is 0 Å². The number of carbonyl (C=O) groups is 3. The maximum absolute atomic E-state index is 11.8. The molecular weight excluding hydrogens is 238 g/mol. The van der Waals surface area contributed by atoms with Crippen molar-refractivity contribution >= 4 is 17.9 Å². The number of nitrogens with one attached hydrogen (secondary N) is 1. The molecule has 7 nitrogen and oxygen atoms in total. The first kappa shape index (κ1) is 14.3. The molecule has 1 fully saturated rings. The maximum atomic E-state index is 11.8. The van der Waals surface area contributed by atoms with Crippen LogP contribution in [0.5, 0.6) is 0 Å². The third-order valence-corrected chi connectivity index (χ3v) is 3.12. The van der Waals surface area contributed by atoms with Gasteiger partial charge in [-0.1, -0.05) is 6.92 Å². The number of carbonyl (C=O) groups excluding carboxylic acids is 2. The lowest BCUT2D eigenvalue weighted by Crippen LogP contribution is -2.44. The van der Waals surface area contributed by atoms with Gasteiger partial charge in [-0.05, 0) is 12.8 Å². The molecule has 2 unspecified atom stereocenters. The molecule has 0 aliphatic carbocycles. The SMILES string of the molecule is CCC(CC(=O)O)NC(=O)N1CCC(C(N)=O)C1. The second-order valence-electron chi connectivity index (χ2n) is 4.49. The highest BCUT2D eigenvalue weighted by atomic mass is 16.4. The van der Waals surface area contributed by atoms with Gasteiger partial charge in [-0.3, -0.25) is 9.59 Å². The molecular formula is C11H19N3O4. The molecule has 1 saturated heterocycles. The van der Waals surface area contributed by atoms with E-state index in [9.17, 15) is 14.4 Å². The third-order valence-electron chi connectivity index (χ3n) is 3.12. The van der Waals surface area contributed by atoms with Crippen molar-refractivity contribution < 1.29 is 19.5 Å². The number of aliphatic carboxylic acids is 1. The summed E-state index contributed by atoms with van der Waals surface area (Å²) in [6, 6.07) is -0.713. The summed E-state index contributed by atoms with van der Waals surface area (Å²) in [6.07, 6.45) is 1.01. The first-order chi connectivity index (χ1) is 8.43. The zero-order chi connectivity index (χ0) is 13.7. The summed E-state index contributed by atoms with van der Waals surface area (Å²) in [4.78, 5) is 34.9. The van der Waals surface area contributed by atoms with Crippen LogP contribution >= 0.6 is 0 Å². The van der Waals surface area contributed by atoms with Gasteiger partial charge >= 0.3 is 12.0 Å². The van der Waals surface area contributed by atoms with E-state index in [2.05, 4.69) is 5.32 Å². The number of carboxylic acid groups (broad SMARTS) is 1. The maximum Gasteiger partial charge on any atom is 0.317 e. The highest BCUT2D eigenvalue weighted by molar-refractivity contribution is 5.80. The minimum atomic E-state index is -0.946. The molecule has 0 bridgehead atoms. The lowest BCUT2D eigenvalue weighted by Gasteiger charge is -2.21. The number of nitrogens with two attached hydrogens (primary N) is 1. The first-order valence-electron chi connectivity index (χ1n) is 6.00. The molecule has 0 aromatic rings. The summed E-state index contributed by atoms with van der Waals surface area (Å²) in [6.45, 7) is 2.59. The molecule has 0 radical (unpaired) electrons. The van der Waals surface area contributed by atoms with Crippen LogP contribution in [0.1, 0.15) is 26.2 Å². The molecule has 1 aliphatic rings. The number of rotatable bonds is 5. The number of hydrogen-bond donors (Lipinski definition) is 3. The number of likely N-dealkylation sites (tertiary alicyclic amines) is 1. The standard InChI is InChI=1S/C11H19N3O4/c1-2-8(5-9(15)16)13-11(18)14-4-3-7(6-14)10(12)17/h7-8H,2-6H2,1H3,(H2,12,17)(H,13,18)(H,15,16). The Bertz CT molecular complexity index is 345. The number of urea groups is 1. The van der Waals surface area contributed by atoms with E-state index in [-0.39, 0.29) is 24.4 Å². The second kappa shape index (κ2) is 6.23. The van der Waals surface area contributed by atoms with Gasteiger partial charge in [-0.15, -0.1) is 0 Å². The molecule has 1 aliphatic heterocycles. The summed E-state index contributed by atoms with van der Waals surface area (Å²) in [5, 5.41) is 11.3. The van der Waals surface area contributed by atoms with Crippen molar-refractivity contribution in [3.05, 3.63) is 0 Å². The van der Waals surface area contributed by atoms with Gasteiger partial charge in [0, 0.05) is 19.1 Å². The molecule has 0 saturated carbocycles. The van der Waals surface area contributed by atoms with Crippen LogP contribution in [0.25, 0.3) is 0 Å². The second-order valence-corrected chi connectivity index (χ2v) is 4.49. The molecule has 0 spiro atoms. The first-order valence-corrected chi connectivity index (χ1v) is 6.00. The van der Waals surface area contributed by atoms with Gasteiger partial charge < -0.3 is 21.1 Å². The van der Waals surface area contributed by atoms with Crippen LogP contribution in [-0.4, -0.2) is 47.0 Å². The quantitative estimate of drug-likeness (QED) is 0.630.